The molecule has 106 valence electrons. The van der Waals surface area contributed by atoms with E-state index in [2.05, 4.69) is 20.2 Å². The van der Waals surface area contributed by atoms with Gasteiger partial charge in [-0.3, -0.25) is 9.89 Å². The van der Waals surface area contributed by atoms with Crippen LogP contribution in [0.1, 0.15) is 38.8 Å². The van der Waals surface area contributed by atoms with Gasteiger partial charge in [-0.25, -0.2) is 9.97 Å². The lowest BCUT2D eigenvalue weighted by atomic mass is 10.1. The van der Waals surface area contributed by atoms with Gasteiger partial charge in [0.1, 0.15) is 5.82 Å². The summed E-state index contributed by atoms with van der Waals surface area (Å²) in [7, 11) is 1.77. The molecule has 0 unspecified atom stereocenters. The first-order valence-electron chi connectivity index (χ1n) is 6.46. The number of hydrogen-bond acceptors (Lipinski definition) is 4. The number of carbonyl (C=O) groups excluding carboxylic acids is 1. The van der Waals surface area contributed by atoms with Crippen molar-refractivity contribution in [3.63, 3.8) is 0 Å². The quantitative estimate of drug-likeness (QED) is 0.923. The second-order valence-corrected chi connectivity index (χ2v) is 4.99. The fourth-order valence-electron chi connectivity index (χ4n) is 2.11. The smallest absolute Gasteiger partial charge is 0.257 e. The molecule has 1 amide bonds. The fourth-order valence-corrected chi connectivity index (χ4v) is 2.11. The average Bonchev–Trinajstić information content (AvgIpc) is 2.70. The highest BCUT2D eigenvalue weighted by Crippen LogP contribution is 2.14. The van der Waals surface area contributed by atoms with Crippen LogP contribution in [-0.2, 0) is 6.54 Å². The van der Waals surface area contributed by atoms with Gasteiger partial charge in [-0.05, 0) is 27.7 Å². The molecule has 2 rings (SSSR count). The zero-order chi connectivity index (χ0) is 14.9. The third-order valence-corrected chi connectivity index (χ3v) is 3.35. The lowest BCUT2D eigenvalue weighted by Crippen LogP contribution is -2.27. The molecule has 0 aliphatic heterocycles. The van der Waals surface area contributed by atoms with Crippen molar-refractivity contribution in [2.75, 3.05) is 7.05 Å². The van der Waals surface area contributed by atoms with Gasteiger partial charge in [0.2, 0.25) is 0 Å². The molecule has 0 aromatic carbocycles. The number of aromatic nitrogens is 4. The van der Waals surface area contributed by atoms with Gasteiger partial charge in [0.05, 0.1) is 17.0 Å². The van der Waals surface area contributed by atoms with Crippen molar-refractivity contribution in [2.24, 2.45) is 0 Å². The highest BCUT2D eigenvalue weighted by atomic mass is 16.2. The summed E-state index contributed by atoms with van der Waals surface area (Å²) in [4.78, 5) is 22.4. The number of nitrogens with zero attached hydrogens (tertiary/aromatic N) is 4. The van der Waals surface area contributed by atoms with Gasteiger partial charge in [-0.1, -0.05) is 0 Å². The first-order valence-corrected chi connectivity index (χ1v) is 6.46. The van der Waals surface area contributed by atoms with E-state index in [4.69, 9.17) is 0 Å². The third kappa shape index (κ3) is 2.68. The average molecular weight is 273 g/mol. The zero-order valence-electron chi connectivity index (χ0n) is 12.5. The highest BCUT2D eigenvalue weighted by molar-refractivity contribution is 5.94. The molecule has 2 aromatic heterocycles. The van der Waals surface area contributed by atoms with Crippen LogP contribution in [0.3, 0.4) is 0 Å². The summed E-state index contributed by atoms with van der Waals surface area (Å²) in [6.45, 7) is 8.03. The Hall–Kier alpha value is -2.24. The molecule has 0 aliphatic carbocycles. The minimum absolute atomic E-state index is 0.0810. The minimum atomic E-state index is -0.0810. The lowest BCUT2D eigenvalue weighted by molar-refractivity contribution is 0.0783. The number of amides is 1. The molecule has 20 heavy (non-hydrogen) atoms. The van der Waals surface area contributed by atoms with Crippen LogP contribution in [0.5, 0.6) is 0 Å². The Bertz CT molecular complexity index is 628. The van der Waals surface area contributed by atoms with Gasteiger partial charge in [0.25, 0.3) is 5.91 Å². The van der Waals surface area contributed by atoms with E-state index in [0.29, 0.717) is 23.6 Å². The third-order valence-electron chi connectivity index (χ3n) is 3.35. The van der Waals surface area contributed by atoms with E-state index in [-0.39, 0.29) is 5.91 Å². The number of hydrogen-bond donors (Lipinski definition) is 1. The molecule has 0 aliphatic rings. The normalized spacial score (nSPS) is 10.7. The summed E-state index contributed by atoms with van der Waals surface area (Å²) in [5, 5.41) is 7.07. The number of nitrogens with one attached hydrogen (secondary N) is 1. The highest BCUT2D eigenvalue weighted by Gasteiger charge is 2.18. The topological polar surface area (TPSA) is 74.8 Å². The van der Waals surface area contributed by atoms with Gasteiger partial charge >= 0.3 is 0 Å². The Labute approximate surface area is 118 Å². The summed E-state index contributed by atoms with van der Waals surface area (Å²) in [6, 6.07) is 0. The Morgan fingerprint density at radius 3 is 2.50 bits per heavy atom. The van der Waals surface area contributed by atoms with Crippen molar-refractivity contribution in [3.05, 3.63) is 40.2 Å². The Morgan fingerprint density at radius 2 is 1.95 bits per heavy atom. The SMILES string of the molecule is Cc1ncc(C(=O)N(C)Cc2c(C)n[nH]c2C)c(C)n1. The number of H-pyrrole nitrogens is 1. The summed E-state index contributed by atoms with van der Waals surface area (Å²) in [5.74, 6) is 0.589. The van der Waals surface area contributed by atoms with E-state index in [9.17, 15) is 4.79 Å². The number of rotatable bonds is 3. The van der Waals surface area contributed by atoms with Crippen LogP contribution < -0.4 is 0 Å². The van der Waals surface area contributed by atoms with Gasteiger partial charge in [-0.2, -0.15) is 5.10 Å². The summed E-state index contributed by atoms with van der Waals surface area (Å²) in [6.07, 6.45) is 1.59. The fraction of sp³-hybridized carbons (Fsp3) is 0.429. The van der Waals surface area contributed by atoms with E-state index in [1.165, 1.54) is 0 Å². The van der Waals surface area contributed by atoms with Crippen LogP contribution in [0.25, 0.3) is 0 Å². The van der Waals surface area contributed by atoms with Crippen LogP contribution in [-0.4, -0.2) is 38.0 Å². The number of carbonyl (C=O) groups is 1. The molecule has 6 nitrogen and oxygen atoms in total. The lowest BCUT2D eigenvalue weighted by Gasteiger charge is -2.18. The van der Waals surface area contributed by atoms with E-state index in [1.807, 2.05) is 27.7 Å². The Balaban J connectivity index is 2.21. The predicted octanol–water partition coefficient (Wildman–Crippen LogP) is 1.71. The van der Waals surface area contributed by atoms with E-state index in [1.54, 1.807) is 18.1 Å². The molecule has 0 radical (unpaired) electrons. The van der Waals surface area contributed by atoms with Crippen LogP contribution in [0.4, 0.5) is 0 Å². The summed E-state index contributed by atoms with van der Waals surface area (Å²) < 4.78 is 0. The molecular weight excluding hydrogens is 254 g/mol. The van der Waals surface area contributed by atoms with Crippen LogP contribution >= 0.6 is 0 Å². The van der Waals surface area contributed by atoms with Crippen molar-refractivity contribution >= 4 is 5.91 Å². The number of aryl methyl sites for hydroxylation is 4. The van der Waals surface area contributed by atoms with Crippen LogP contribution in [0, 0.1) is 27.7 Å². The van der Waals surface area contributed by atoms with E-state index < -0.39 is 0 Å². The molecule has 2 aromatic rings. The molecular formula is C14H19N5O. The summed E-state index contributed by atoms with van der Waals surface area (Å²) in [5.41, 5.74) is 4.19. The molecule has 0 atom stereocenters. The first kappa shape index (κ1) is 14.2. The van der Waals surface area contributed by atoms with Crippen molar-refractivity contribution in [3.8, 4) is 0 Å². The monoisotopic (exact) mass is 273 g/mol. The zero-order valence-corrected chi connectivity index (χ0v) is 12.5. The van der Waals surface area contributed by atoms with Crippen molar-refractivity contribution in [2.45, 2.75) is 34.2 Å². The molecule has 1 N–H and O–H groups in total. The van der Waals surface area contributed by atoms with Gasteiger partial charge in [0.15, 0.2) is 0 Å². The molecule has 0 spiro atoms. The largest absolute Gasteiger partial charge is 0.337 e. The van der Waals surface area contributed by atoms with Crippen molar-refractivity contribution in [1.29, 1.82) is 0 Å². The van der Waals surface area contributed by atoms with Gasteiger partial charge in [-0.15, -0.1) is 0 Å². The van der Waals surface area contributed by atoms with Gasteiger partial charge in [0, 0.05) is 31.0 Å². The first-order chi connectivity index (χ1) is 9.40. The molecule has 0 bridgehead atoms. The minimum Gasteiger partial charge on any atom is -0.337 e. The van der Waals surface area contributed by atoms with E-state index >= 15 is 0 Å². The number of aromatic amines is 1. The standard InChI is InChI=1S/C14H19N5O/c1-8-12(6-15-11(4)16-8)14(20)19(5)7-13-9(2)17-18-10(13)3/h6H,7H2,1-5H3,(H,17,18). The Kier molecular flexibility index (Phi) is 3.83. The van der Waals surface area contributed by atoms with Gasteiger partial charge < -0.3 is 4.90 Å². The maximum Gasteiger partial charge on any atom is 0.257 e. The van der Waals surface area contributed by atoms with Crippen LogP contribution in [0.15, 0.2) is 6.20 Å². The Morgan fingerprint density at radius 1 is 1.25 bits per heavy atom. The molecule has 0 fully saturated rings. The molecule has 2 heterocycles. The molecule has 0 saturated carbocycles. The maximum atomic E-state index is 12.4. The van der Waals surface area contributed by atoms with E-state index in [0.717, 1.165) is 17.0 Å². The van der Waals surface area contributed by atoms with Crippen molar-refractivity contribution in [1.82, 2.24) is 25.1 Å². The maximum absolute atomic E-state index is 12.4. The van der Waals surface area contributed by atoms with Crippen LogP contribution in [0.2, 0.25) is 0 Å². The second-order valence-electron chi connectivity index (χ2n) is 4.99. The molecule has 0 saturated heterocycles. The predicted molar refractivity (Wildman–Crippen MR) is 75.4 cm³/mol. The summed E-state index contributed by atoms with van der Waals surface area (Å²) >= 11 is 0. The second kappa shape index (κ2) is 5.40. The molecule has 6 heteroatoms. The van der Waals surface area contributed by atoms with Crippen molar-refractivity contribution < 1.29 is 4.79 Å².